The number of amides is 1. The molecule has 0 aliphatic rings. The maximum Gasteiger partial charge on any atom is 0.349 e. The Balaban J connectivity index is 1.88. The molecule has 0 saturated carbocycles. The molecule has 0 saturated heterocycles. The summed E-state index contributed by atoms with van der Waals surface area (Å²) in [6, 6.07) is 13.0. The number of carbonyl (C=O) groups is 2. The van der Waals surface area contributed by atoms with E-state index in [4.69, 9.17) is 4.42 Å². The monoisotopic (exact) mass is 337 g/mol. The molecule has 1 amide bonds. The number of anilines is 1. The number of carbonyl (C=O) groups excluding carboxylic acids is 2. The van der Waals surface area contributed by atoms with Crippen molar-refractivity contribution in [1.82, 2.24) is 0 Å². The molecule has 0 spiro atoms. The second-order valence-corrected chi connectivity index (χ2v) is 5.51. The minimum absolute atomic E-state index is 0.0878. The van der Waals surface area contributed by atoms with Crippen LogP contribution in [0.5, 0.6) is 0 Å². The van der Waals surface area contributed by atoms with E-state index < -0.39 is 17.5 Å². The number of methoxy groups -OCH3 is 1. The van der Waals surface area contributed by atoms with Crippen LogP contribution < -0.4 is 10.9 Å². The van der Waals surface area contributed by atoms with Gasteiger partial charge in [-0.2, -0.15) is 0 Å². The van der Waals surface area contributed by atoms with Gasteiger partial charge in [-0.1, -0.05) is 11.6 Å². The zero-order valence-corrected chi connectivity index (χ0v) is 13.7. The van der Waals surface area contributed by atoms with Crippen molar-refractivity contribution in [3.63, 3.8) is 0 Å². The molecular weight excluding hydrogens is 322 g/mol. The molecule has 126 valence electrons. The zero-order chi connectivity index (χ0) is 18.0. The number of esters is 1. The number of rotatable bonds is 3. The first kappa shape index (κ1) is 16.4. The lowest BCUT2D eigenvalue weighted by Gasteiger charge is -2.06. The summed E-state index contributed by atoms with van der Waals surface area (Å²) in [4.78, 5) is 35.8. The molecule has 3 rings (SSSR count). The van der Waals surface area contributed by atoms with Crippen LogP contribution in [0, 0.1) is 6.92 Å². The number of benzene rings is 2. The summed E-state index contributed by atoms with van der Waals surface area (Å²) in [5, 5.41) is 3.28. The van der Waals surface area contributed by atoms with Gasteiger partial charge in [-0.15, -0.1) is 0 Å². The fourth-order valence-electron chi connectivity index (χ4n) is 2.41. The number of hydrogen-bond donors (Lipinski definition) is 1. The van der Waals surface area contributed by atoms with Gasteiger partial charge < -0.3 is 14.5 Å². The molecule has 6 heteroatoms. The molecule has 0 aliphatic carbocycles. The van der Waals surface area contributed by atoms with Gasteiger partial charge in [-0.05, 0) is 49.4 Å². The third-order valence-corrected chi connectivity index (χ3v) is 3.70. The second kappa shape index (κ2) is 6.60. The first-order chi connectivity index (χ1) is 12.0. The molecule has 25 heavy (non-hydrogen) atoms. The van der Waals surface area contributed by atoms with E-state index in [-0.39, 0.29) is 5.56 Å². The molecule has 6 nitrogen and oxygen atoms in total. The number of hydrogen-bond acceptors (Lipinski definition) is 5. The molecule has 2 aromatic carbocycles. The van der Waals surface area contributed by atoms with E-state index >= 15 is 0 Å². The largest absolute Gasteiger partial charge is 0.465 e. The summed E-state index contributed by atoms with van der Waals surface area (Å²) in [5.74, 6) is -1.05. The molecule has 1 N–H and O–H groups in total. The predicted octanol–water partition coefficient (Wildman–Crippen LogP) is 3.14. The van der Waals surface area contributed by atoms with Crippen molar-refractivity contribution < 1.29 is 18.7 Å². The van der Waals surface area contributed by atoms with Gasteiger partial charge in [0.05, 0.1) is 12.7 Å². The van der Waals surface area contributed by atoms with Gasteiger partial charge in [-0.25, -0.2) is 9.59 Å². The van der Waals surface area contributed by atoms with Gasteiger partial charge in [0.2, 0.25) is 0 Å². The summed E-state index contributed by atoms with van der Waals surface area (Å²) in [6.07, 6.45) is 0. The Hall–Kier alpha value is -3.41. The minimum Gasteiger partial charge on any atom is -0.465 e. The summed E-state index contributed by atoms with van der Waals surface area (Å²) in [5.41, 5.74) is 1.43. The van der Waals surface area contributed by atoms with Crippen LogP contribution in [0.1, 0.15) is 26.3 Å². The van der Waals surface area contributed by atoms with Crippen LogP contribution in [0.25, 0.3) is 11.0 Å². The molecule has 1 heterocycles. The third kappa shape index (κ3) is 3.42. The predicted molar refractivity (Wildman–Crippen MR) is 93.0 cm³/mol. The molecule has 0 unspecified atom stereocenters. The Morgan fingerprint density at radius 1 is 1.04 bits per heavy atom. The van der Waals surface area contributed by atoms with Gasteiger partial charge in [0.15, 0.2) is 0 Å². The van der Waals surface area contributed by atoms with E-state index in [2.05, 4.69) is 10.1 Å². The number of aryl methyl sites for hydroxylation is 1. The Bertz CT molecular complexity index is 1020. The first-order valence-corrected chi connectivity index (χ1v) is 7.52. The zero-order valence-electron chi connectivity index (χ0n) is 13.7. The average molecular weight is 337 g/mol. The highest BCUT2D eigenvalue weighted by Gasteiger charge is 2.14. The average Bonchev–Trinajstić information content (AvgIpc) is 2.61. The fraction of sp³-hybridized carbons (Fsp3) is 0.105. The van der Waals surface area contributed by atoms with Crippen molar-refractivity contribution in [3.8, 4) is 0 Å². The van der Waals surface area contributed by atoms with E-state index in [1.165, 1.54) is 25.3 Å². The maximum atomic E-state index is 12.4. The molecular formula is C19H15NO5. The van der Waals surface area contributed by atoms with Crippen molar-refractivity contribution in [2.45, 2.75) is 6.92 Å². The number of ether oxygens (including phenoxy) is 1. The molecule has 0 bridgehead atoms. The standard InChI is InChI=1S/C19H15NO5/c1-11-3-8-16-13(9-11)10-15(19(23)25-16)17(21)20-14-6-4-12(5-7-14)18(22)24-2/h3-10H,1-2H3,(H,20,21). The maximum absolute atomic E-state index is 12.4. The third-order valence-electron chi connectivity index (χ3n) is 3.70. The van der Waals surface area contributed by atoms with Gasteiger partial charge in [0.1, 0.15) is 11.1 Å². The lowest BCUT2D eigenvalue weighted by Crippen LogP contribution is -2.20. The molecule has 0 fully saturated rings. The highest BCUT2D eigenvalue weighted by molar-refractivity contribution is 6.05. The number of nitrogens with one attached hydrogen (secondary N) is 1. The highest BCUT2D eigenvalue weighted by atomic mass is 16.5. The van der Waals surface area contributed by atoms with Crippen LogP contribution in [-0.2, 0) is 4.74 Å². The van der Waals surface area contributed by atoms with E-state index in [0.29, 0.717) is 22.2 Å². The Morgan fingerprint density at radius 3 is 2.44 bits per heavy atom. The normalized spacial score (nSPS) is 10.5. The Kier molecular flexibility index (Phi) is 4.35. The quantitative estimate of drug-likeness (QED) is 0.586. The van der Waals surface area contributed by atoms with E-state index in [9.17, 15) is 14.4 Å². The van der Waals surface area contributed by atoms with Crippen molar-refractivity contribution >= 4 is 28.5 Å². The summed E-state index contributed by atoms with van der Waals surface area (Å²) < 4.78 is 9.81. The van der Waals surface area contributed by atoms with Crippen LogP contribution in [0.3, 0.4) is 0 Å². The van der Waals surface area contributed by atoms with Gasteiger partial charge in [-0.3, -0.25) is 4.79 Å². The molecule has 3 aromatic rings. The van der Waals surface area contributed by atoms with E-state index in [1.54, 1.807) is 18.2 Å². The van der Waals surface area contributed by atoms with Crippen LogP contribution in [0.15, 0.2) is 57.7 Å². The van der Waals surface area contributed by atoms with Crippen molar-refractivity contribution in [1.29, 1.82) is 0 Å². The summed E-state index contributed by atoms with van der Waals surface area (Å²) in [6.45, 7) is 1.91. The van der Waals surface area contributed by atoms with Gasteiger partial charge >= 0.3 is 11.6 Å². The highest BCUT2D eigenvalue weighted by Crippen LogP contribution is 2.17. The summed E-state index contributed by atoms with van der Waals surface area (Å²) >= 11 is 0. The van der Waals surface area contributed by atoms with Crippen LogP contribution >= 0.6 is 0 Å². The Labute approximate surface area is 143 Å². The molecule has 0 atom stereocenters. The minimum atomic E-state index is -0.708. The second-order valence-electron chi connectivity index (χ2n) is 5.51. The smallest absolute Gasteiger partial charge is 0.349 e. The topological polar surface area (TPSA) is 85.6 Å². The van der Waals surface area contributed by atoms with Crippen LogP contribution in [0.2, 0.25) is 0 Å². The van der Waals surface area contributed by atoms with Gasteiger partial charge in [0, 0.05) is 11.1 Å². The lowest BCUT2D eigenvalue weighted by atomic mass is 10.1. The first-order valence-electron chi connectivity index (χ1n) is 7.52. The van der Waals surface area contributed by atoms with Crippen LogP contribution in [0.4, 0.5) is 5.69 Å². The van der Waals surface area contributed by atoms with Crippen molar-refractivity contribution in [2.24, 2.45) is 0 Å². The van der Waals surface area contributed by atoms with Crippen LogP contribution in [-0.4, -0.2) is 19.0 Å². The van der Waals surface area contributed by atoms with E-state index in [1.807, 2.05) is 19.1 Å². The molecule has 1 aromatic heterocycles. The molecule has 0 radical (unpaired) electrons. The Morgan fingerprint density at radius 2 is 1.76 bits per heavy atom. The number of fused-ring (bicyclic) bond motifs is 1. The van der Waals surface area contributed by atoms with E-state index in [0.717, 1.165) is 5.56 Å². The summed E-state index contributed by atoms with van der Waals surface area (Å²) in [7, 11) is 1.29. The van der Waals surface area contributed by atoms with Crippen molar-refractivity contribution in [2.75, 3.05) is 12.4 Å². The SMILES string of the molecule is COC(=O)c1ccc(NC(=O)c2cc3cc(C)ccc3oc2=O)cc1. The lowest BCUT2D eigenvalue weighted by molar-refractivity contribution is 0.0600. The van der Waals surface area contributed by atoms with Crippen molar-refractivity contribution in [3.05, 3.63) is 75.6 Å². The van der Waals surface area contributed by atoms with Gasteiger partial charge in [0.25, 0.3) is 5.91 Å². The fourth-order valence-corrected chi connectivity index (χ4v) is 2.41. The molecule has 0 aliphatic heterocycles.